The summed E-state index contributed by atoms with van der Waals surface area (Å²) >= 11 is 0. The molecule has 0 amide bonds. The van der Waals surface area contributed by atoms with E-state index in [1.54, 1.807) is 6.07 Å². The molecule has 0 spiro atoms. The summed E-state index contributed by atoms with van der Waals surface area (Å²) in [6.45, 7) is 0.474. The van der Waals surface area contributed by atoms with Crippen LogP contribution < -0.4 is 10.6 Å². The van der Waals surface area contributed by atoms with Crippen LogP contribution in [0.1, 0.15) is 0 Å². The predicted molar refractivity (Wildman–Crippen MR) is 63.8 cm³/mol. The molecule has 0 unspecified atom stereocenters. The first-order chi connectivity index (χ1) is 6.88. The third-order valence-electron chi connectivity index (χ3n) is 2.11. The molecule has 0 aliphatic heterocycles. The first-order valence-corrected chi connectivity index (χ1v) is 6.69. The number of nitrogens with zero attached hydrogens (tertiary/aromatic N) is 1. The maximum Gasteiger partial charge on any atom is 0.149 e. The van der Waals surface area contributed by atoms with Gasteiger partial charge in [-0.1, -0.05) is 6.07 Å². The summed E-state index contributed by atoms with van der Waals surface area (Å²) in [5, 5.41) is 0. The zero-order valence-corrected chi connectivity index (χ0v) is 9.79. The third-order valence-corrected chi connectivity index (χ3v) is 3.03. The van der Waals surface area contributed by atoms with Crippen molar-refractivity contribution in [2.45, 2.75) is 0 Å². The second kappa shape index (κ2) is 4.53. The number of rotatable bonds is 4. The van der Waals surface area contributed by atoms with Crippen LogP contribution in [0.15, 0.2) is 24.3 Å². The van der Waals surface area contributed by atoms with Gasteiger partial charge in [-0.15, -0.1) is 0 Å². The molecule has 1 rings (SSSR count). The van der Waals surface area contributed by atoms with Gasteiger partial charge in [0.05, 0.1) is 5.75 Å². The SMILES string of the molecule is CN(CCS(C)(=O)=O)c1cccc(N)c1. The highest BCUT2D eigenvalue weighted by molar-refractivity contribution is 7.90. The van der Waals surface area contributed by atoms with E-state index in [-0.39, 0.29) is 5.75 Å². The average Bonchev–Trinajstić information content (AvgIpc) is 2.13. The van der Waals surface area contributed by atoms with Crippen molar-refractivity contribution in [3.05, 3.63) is 24.3 Å². The summed E-state index contributed by atoms with van der Waals surface area (Å²) < 4.78 is 22.0. The monoisotopic (exact) mass is 228 g/mol. The maximum absolute atomic E-state index is 11.0. The highest BCUT2D eigenvalue weighted by Gasteiger charge is 2.06. The number of hydrogen-bond donors (Lipinski definition) is 1. The molecule has 0 radical (unpaired) electrons. The normalized spacial score (nSPS) is 11.3. The van der Waals surface area contributed by atoms with E-state index in [1.165, 1.54) is 6.26 Å². The van der Waals surface area contributed by atoms with Gasteiger partial charge < -0.3 is 10.6 Å². The minimum absolute atomic E-state index is 0.151. The Labute approximate surface area is 90.6 Å². The first kappa shape index (κ1) is 11.8. The maximum atomic E-state index is 11.0. The Morgan fingerprint density at radius 3 is 2.60 bits per heavy atom. The van der Waals surface area contributed by atoms with Crippen molar-refractivity contribution in [2.75, 3.05) is 36.2 Å². The van der Waals surface area contributed by atoms with E-state index in [0.29, 0.717) is 12.2 Å². The number of sulfone groups is 1. The van der Waals surface area contributed by atoms with Gasteiger partial charge in [0.25, 0.3) is 0 Å². The van der Waals surface area contributed by atoms with Gasteiger partial charge in [-0.2, -0.15) is 0 Å². The molecule has 5 heteroatoms. The largest absolute Gasteiger partial charge is 0.399 e. The molecule has 2 N–H and O–H groups in total. The van der Waals surface area contributed by atoms with Crippen LogP contribution in [0.4, 0.5) is 11.4 Å². The van der Waals surface area contributed by atoms with E-state index in [2.05, 4.69) is 0 Å². The van der Waals surface area contributed by atoms with Crippen LogP contribution in [0.5, 0.6) is 0 Å². The van der Waals surface area contributed by atoms with Crippen LogP contribution in [0.2, 0.25) is 0 Å². The van der Waals surface area contributed by atoms with Crippen molar-refractivity contribution in [3.63, 3.8) is 0 Å². The van der Waals surface area contributed by atoms with Crippen LogP contribution in [0.25, 0.3) is 0 Å². The Balaban J connectivity index is 2.65. The van der Waals surface area contributed by atoms with Gasteiger partial charge in [-0.05, 0) is 18.2 Å². The molecule has 1 aromatic carbocycles. The summed E-state index contributed by atoms with van der Waals surface area (Å²) in [5.74, 6) is 0.151. The van der Waals surface area contributed by atoms with E-state index in [9.17, 15) is 8.42 Å². The average molecular weight is 228 g/mol. The molecule has 0 saturated carbocycles. The molecule has 0 fully saturated rings. The summed E-state index contributed by atoms with van der Waals surface area (Å²) in [6, 6.07) is 7.37. The van der Waals surface area contributed by atoms with Crippen LogP contribution in [-0.2, 0) is 9.84 Å². The van der Waals surface area contributed by atoms with Crippen LogP contribution in [0, 0.1) is 0 Å². The van der Waals surface area contributed by atoms with Gasteiger partial charge in [-0.25, -0.2) is 8.42 Å². The quantitative estimate of drug-likeness (QED) is 0.772. The van der Waals surface area contributed by atoms with E-state index in [4.69, 9.17) is 5.73 Å². The number of hydrogen-bond acceptors (Lipinski definition) is 4. The van der Waals surface area contributed by atoms with Gasteiger partial charge in [0.2, 0.25) is 0 Å². The molecule has 0 atom stereocenters. The number of nitrogen functional groups attached to an aromatic ring is 1. The molecular weight excluding hydrogens is 212 g/mol. The Morgan fingerprint density at radius 1 is 1.40 bits per heavy atom. The molecule has 0 saturated heterocycles. The number of benzene rings is 1. The van der Waals surface area contributed by atoms with E-state index in [1.807, 2.05) is 30.1 Å². The van der Waals surface area contributed by atoms with Crippen molar-refractivity contribution in [2.24, 2.45) is 0 Å². The molecule has 84 valence electrons. The van der Waals surface area contributed by atoms with Gasteiger partial charge >= 0.3 is 0 Å². The lowest BCUT2D eigenvalue weighted by atomic mass is 10.2. The fourth-order valence-corrected chi connectivity index (χ4v) is 1.80. The second-order valence-corrected chi connectivity index (χ2v) is 5.91. The summed E-state index contributed by atoms with van der Waals surface area (Å²) in [5.41, 5.74) is 7.24. The van der Waals surface area contributed by atoms with E-state index < -0.39 is 9.84 Å². The van der Waals surface area contributed by atoms with Crippen LogP contribution >= 0.6 is 0 Å². The lowest BCUT2D eigenvalue weighted by Gasteiger charge is -2.18. The minimum atomic E-state index is -2.91. The molecular formula is C10H16N2O2S. The Bertz CT molecular complexity index is 429. The zero-order valence-electron chi connectivity index (χ0n) is 8.97. The molecule has 0 bridgehead atoms. The van der Waals surface area contributed by atoms with Crippen molar-refractivity contribution in [1.29, 1.82) is 0 Å². The summed E-state index contributed by atoms with van der Waals surface area (Å²) in [4.78, 5) is 1.87. The van der Waals surface area contributed by atoms with Gasteiger partial charge in [-0.3, -0.25) is 0 Å². The third kappa shape index (κ3) is 4.20. The Hall–Kier alpha value is -1.23. The Morgan fingerprint density at radius 2 is 2.07 bits per heavy atom. The topological polar surface area (TPSA) is 63.4 Å². The van der Waals surface area contributed by atoms with Crippen molar-refractivity contribution in [3.8, 4) is 0 Å². The molecule has 15 heavy (non-hydrogen) atoms. The van der Waals surface area contributed by atoms with Crippen LogP contribution in [0.3, 0.4) is 0 Å². The highest BCUT2D eigenvalue weighted by atomic mass is 32.2. The fourth-order valence-electron chi connectivity index (χ4n) is 1.19. The molecule has 4 nitrogen and oxygen atoms in total. The summed E-state index contributed by atoms with van der Waals surface area (Å²) in [7, 11) is -1.06. The lowest BCUT2D eigenvalue weighted by Crippen LogP contribution is -2.24. The highest BCUT2D eigenvalue weighted by Crippen LogP contribution is 2.15. The summed E-state index contributed by atoms with van der Waals surface area (Å²) in [6.07, 6.45) is 1.24. The van der Waals surface area contributed by atoms with Gasteiger partial charge in [0, 0.05) is 31.2 Å². The van der Waals surface area contributed by atoms with Crippen molar-refractivity contribution >= 4 is 21.2 Å². The Kier molecular flexibility index (Phi) is 3.57. The van der Waals surface area contributed by atoms with Crippen molar-refractivity contribution < 1.29 is 8.42 Å². The van der Waals surface area contributed by atoms with Crippen molar-refractivity contribution in [1.82, 2.24) is 0 Å². The smallest absolute Gasteiger partial charge is 0.149 e. The molecule has 0 aliphatic rings. The molecule has 0 aliphatic carbocycles. The fraction of sp³-hybridized carbons (Fsp3) is 0.400. The lowest BCUT2D eigenvalue weighted by molar-refractivity contribution is 0.601. The minimum Gasteiger partial charge on any atom is -0.399 e. The van der Waals surface area contributed by atoms with E-state index >= 15 is 0 Å². The number of anilines is 2. The first-order valence-electron chi connectivity index (χ1n) is 4.63. The zero-order chi connectivity index (χ0) is 11.5. The number of nitrogens with two attached hydrogens (primary N) is 1. The van der Waals surface area contributed by atoms with Crippen LogP contribution in [-0.4, -0.2) is 34.0 Å². The molecule has 0 aromatic heterocycles. The molecule has 1 aromatic rings. The predicted octanol–water partition coefficient (Wildman–Crippen LogP) is 0.750. The van der Waals surface area contributed by atoms with E-state index in [0.717, 1.165) is 5.69 Å². The van der Waals surface area contributed by atoms with Gasteiger partial charge in [0.1, 0.15) is 9.84 Å². The van der Waals surface area contributed by atoms with Gasteiger partial charge in [0.15, 0.2) is 0 Å². The second-order valence-electron chi connectivity index (χ2n) is 3.65. The standard InChI is InChI=1S/C10H16N2O2S/c1-12(6-7-15(2,13)14)10-5-3-4-9(11)8-10/h3-5,8H,6-7,11H2,1-2H3. The molecule has 0 heterocycles.